The first kappa shape index (κ1) is 17.4. The molecule has 0 amide bonds. The molecule has 0 saturated carbocycles. The van der Waals surface area contributed by atoms with Crippen molar-refractivity contribution in [3.05, 3.63) is 104 Å². The van der Waals surface area contributed by atoms with E-state index in [0.717, 1.165) is 13.1 Å². The highest BCUT2D eigenvalue weighted by molar-refractivity contribution is 6.00. The molecule has 0 spiro atoms. The van der Waals surface area contributed by atoms with Gasteiger partial charge >= 0.3 is 0 Å². The number of imidazole rings is 2. The Balaban J connectivity index is 1.62. The van der Waals surface area contributed by atoms with Crippen LogP contribution in [-0.4, -0.2) is 9.13 Å². The average molecular weight is 380 g/mol. The third-order valence-corrected chi connectivity index (χ3v) is 5.51. The number of aryl methyl sites for hydroxylation is 1. The monoisotopic (exact) mass is 380 g/mol. The fourth-order valence-corrected chi connectivity index (χ4v) is 4.06. The van der Waals surface area contributed by atoms with Crippen LogP contribution >= 0.6 is 0 Å². The van der Waals surface area contributed by atoms with E-state index in [4.69, 9.17) is 0 Å². The van der Waals surface area contributed by atoms with Crippen LogP contribution in [0.15, 0.2) is 92.6 Å². The zero-order valence-corrected chi connectivity index (χ0v) is 16.6. The molecule has 0 N–H and O–H groups in total. The Morgan fingerprint density at radius 1 is 0.897 bits per heavy atom. The molecule has 142 valence electrons. The van der Waals surface area contributed by atoms with E-state index in [1.54, 1.807) is 6.20 Å². The molecule has 0 aliphatic carbocycles. The molecule has 29 heavy (non-hydrogen) atoms. The highest BCUT2D eigenvalue weighted by Crippen LogP contribution is 2.28. The van der Waals surface area contributed by atoms with E-state index < -0.39 is 0 Å². The SMILES string of the molecule is C=Cn1cc[n+](Cc2cccc3cc4cccc(Cn5cc[n+](C)c5)c4cc23)c1. The van der Waals surface area contributed by atoms with E-state index in [-0.39, 0.29) is 0 Å². The maximum Gasteiger partial charge on any atom is 0.248 e. The molecule has 0 atom stereocenters. The van der Waals surface area contributed by atoms with Gasteiger partial charge in [-0.1, -0.05) is 43.0 Å². The second kappa shape index (κ2) is 7.06. The Bertz CT molecular complexity index is 1340. The first-order valence-corrected chi connectivity index (χ1v) is 9.83. The minimum Gasteiger partial charge on any atom is -0.240 e. The molecule has 2 heterocycles. The molecule has 0 radical (unpaired) electrons. The molecule has 5 rings (SSSR count). The lowest BCUT2D eigenvalue weighted by Crippen LogP contribution is -2.31. The van der Waals surface area contributed by atoms with Gasteiger partial charge in [-0.15, -0.1) is 0 Å². The Morgan fingerprint density at radius 2 is 1.66 bits per heavy atom. The molecule has 5 aromatic rings. The molecule has 0 saturated heterocycles. The number of hydrogen-bond donors (Lipinski definition) is 0. The van der Waals surface area contributed by atoms with Gasteiger partial charge in [-0.2, -0.15) is 0 Å². The van der Waals surface area contributed by atoms with E-state index in [9.17, 15) is 0 Å². The van der Waals surface area contributed by atoms with Gasteiger partial charge < -0.3 is 0 Å². The van der Waals surface area contributed by atoms with Crippen LogP contribution < -0.4 is 9.13 Å². The first-order chi connectivity index (χ1) is 14.2. The van der Waals surface area contributed by atoms with E-state index in [1.165, 1.54) is 32.7 Å². The largest absolute Gasteiger partial charge is 0.248 e. The predicted molar refractivity (Wildman–Crippen MR) is 116 cm³/mol. The van der Waals surface area contributed by atoms with Crippen molar-refractivity contribution in [3.8, 4) is 0 Å². The van der Waals surface area contributed by atoms with Gasteiger partial charge in [0, 0.05) is 11.1 Å². The number of nitrogens with zero attached hydrogens (tertiary/aromatic N) is 4. The van der Waals surface area contributed by atoms with Crippen molar-refractivity contribution in [2.75, 3.05) is 0 Å². The van der Waals surface area contributed by atoms with Gasteiger partial charge in [0.05, 0.1) is 13.2 Å². The van der Waals surface area contributed by atoms with Crippen LogP contribution in [0.5, 0.6) is 0 Å². The molecule has 4 heteroatoms. The summed E-state index contributed by atoms with van der Waals surface area (Å²) in [5, 5.41) is 5.19. The van der Waals surface area contributed by atoms with Crippen molar-refractivity contribution >= 4 is 27.7 Å². The summed E-state index contributed by atoms with van der Waals surface area (Å²) in [6.45, 7) is 5.52. The lowest BCUT2D eigenvalue weighted by atomic mass is 9.97. The number of aromatic nitrogens is 4. The number of fused-ring (bicyclic) bond motifs is 2. The van der Waals surface area contributed by atoms with Crippen molar-refractivity contribution in [2.45, 2.75) is 13.1 Å². The Hall–Kier alpha value is -3.66. The maximum absolute atomic E-state index is 3.83. The standard InChI is InChI=1S/C25H24N4/c1-3-27-12-13-29(19-27)17-23-9-5-7-21-14-20-6-4-8-22(24(20)15-25(21)23)16-28-11-10-26(2)18-28/h3-15,18-19H,1,16-17H2,2H3/q+2. The van der Waals surface area contributed by atoms with E-state index in [0.29, 0.717) is 0 Å². The van der Waals surface area contributed by atoms with Crippen molar-refractivity contribution in [2.24, 2.45) is 7.05 Å². The molecule has 3 aromatic carbocycles. The molecule has 0 fully saturated rings. The third-order valence-electron chi connectivity index (χ3n) is 5.51. The van der Waals surface area contributed by atoms with Gasteiger partial charge in [0.1, 0.15) is 37.9 Å². The molecule has 0 unspecified atom stereocenters. The van der Waals surface area contributed by atoms with E-state index in [2.05, 4.69) is 107 Å². The summed E-state index contributed by atoms with van der Waals surface area (Å²) in [4.78, 5) is 0. The van der Waals surface area contributed by atoms with Crippen LogP contribution in [0.2, 0.25) is 0 Å². The summed E-state index contributed by atoms with van der Waals surface area (Å²) in [7, 11) is 2.05. The molecular formula is C25H24N4+2. The minimum absolute atomic E-state index is 0.833. The zero-order valence-electron chi connectivity index (χ0n) is 16.6. The Labute approximate surface area is 170 Å². The van der Waals surface area contributed by atoms with Crippen LogP contribution in [0.25, 0.3) is 27.7 Å². The van der Waals surface area contributed by atoms with E-state index >= 15 is 0 Å². The fraction of sp³-hybridized carbons (Fsp3) is 0.120. The molecule has 4 nitrogen and oxygen atoms in total. The summed E-state index contributed by atoms with van der Waals surface area (Å²) in [5.74, 6) is 0. The summed E-state index contributed by atoms with van der Waals surface area (Å²) < 4.78 is 8.45. The fourth-order valence-electron chi connectivity index (χ4n) is 4.06. The van der Waals surface area contributed by atoms with E-state index in [1.807, 2.05) is 10.8 Å². The third kappa shape index (κ3) is 3.34. The maximum atomic E-state index is 3.83. The van der Waals surface area contributed by atoms with Gasteiger partial charge in [0.25, 0.3) is 0 Å². The second-order valence-electron chi connectivity index (χ2n) is 7.60. The number of hydrogen-bond acceptors (Lipinski definition) is 0. The highest BCUT2D eigenvalue weighted by Gasteiger charge is 2.11. The molecule has 0 bridgehead atoms. The van der Waals surface area contributed by atoms with Gasteiger partial charge in [-0.05, 0) is 33.7 Å². The van der Waals surface area contributed by atoms with Crippen molar-refractivity contribution in [1.82, 2.24) is 9.13 Å². The summed E-state index contributed by atoms with van der Waals surface area (Å²) in [6, 6.07) is 17.9. The first-order valence-electron chi connectivity index (χ1n) is 9.83. The van der Waals surface area contributed by atoms with Gasteiger partial charge in [-0.25, -0.2) is 18.3 Å². The number of benzene rings is 3. The van der Waals surface area contributed by atoms with Crippen molar-refractivity contribution < 1.29 is 9.13 Å². The Kier molecular flexibility index (Phi) is 4.24. The van der Waals surface area contributed by atoms with Crippen LogP contribution in [0.3, 0.4) is 0 Å². The summed E-state index contributed by atoms with van der Waals surface area (Å²) in [6.07, 6.45) is 14.3. The van der Waals surface area contributed by atoms with Crippen molar-refractivity contribution in [1.29, 1.82) is 0 Å². The molecule has 0 aliphatic heterocycles. The molecular weight excluding hydrogens is 356 g/mol. The smallest absolute Gasteiger partial charge is 0.240 e. The zero-order chi connectivity index (χ0) is 19.8. The van der Waals surface area contributed by atoms with Crippen LogP contribution in [-0.2, 0) is 20.1 Å². The second-order valence-corrected chi connectivity index (χ2v) is 7.60. The quantitative estimate of drug-likeness (QED) is 0.325. The van der Waals surface area contributed by atoms with Crippen LogP contribution in [0.1, 0.15) is 11.1 Å². The predicted octanol–water partition coefficient (Wildman–Crippen LogP) is 3.91. The number of rotatable bonds is 5. The normalized spacial score (nSPS) is 11.3. The minimum atomic E-state index is 0.833. The average Bonchev–Trinajstić information content (AvgIpc) is 3.36. The van der Waals surface area contributed by atoms with Crippen LogP contribution in [0.4, 0.5) is 0 Å². The summed E-state index contributed by atoms with van der Waals surface area (Å²) >= 11 is 0. The van der Waals surface area contributed by atoms with Gasteiger partial charge in [-0.3, -0.25) is 0 Å². The lowest BCUT2D eigenvalue weighted by Gasteiger charge is -2.10. The Morgan fingerprint density at radius 3 is 2.34 bits per heavy atom. The lowest BCUT2D eigenvalue weighted by molar-refractivity contribution is -0.687. The van der Waals surface area contributed by atoms with Crippen LogP contribution in [0, 0.1) is 0 Å². The van der Waals surface area contributed by atoms with Gasteiger partial charge in [0.15, 0.2) is 0 Å². The molecule has 2 aromatic heterocycles. The highest BCUT2D eigenvalue weighted by atomic mass is 15.1. The topological polar surface area (TPSA) is 17.6 Å². The molecule has 0 aliphatic rings. The van der Waals surface area contributed by atoms with Crippen molar-refractivity contribution in [3.63, 3.8) is 0 Å². The van der Waals surface area contributed by atoms with Gasteiger partial charge in [0.2, 0.25) is 12.7 Å². The summed E-state index contributed by atoms with van der Waals surface area (Å²) in [5.41, 5.74) is 2.65.